The van der Waals surface area contributed by atoms with Gasteiger partial charge in [0.05, 0.1) is 0 Å². The van der Waals surface area contributed by atoms with Crippen LogP contribution < -0.4 is 10.1 Å². The van der Waals surface area contributed by atoms with E-state index < -0.39 is 0 Å². The van der Waals surface area contributed by atoms with Gasteiger partial charge in [0.25, 0.3) is 0 Å². The molecule has 1 aromatic rings. The summed E-state index contributed by atoms with van der Waals surface area (Å²) in [6, 6.07) is 6.39. The first-order valence-electron chi connectivity index (χ1n) is 5.85. The molecule has 0 radical (unpaired) electrons. The van der Waals surface area contributed by atoms with Crippen LogP contribution in [-0.4, -0.2) is 19.7 Å². The number of benzene rings is 1. The smallest absolute Gasteiger partial charge is 0.123 e. The summed E-state index contributed by atoms with van der Waals surface area (Å²) in [5, 5.41) is 4.05. The minimum absolute atomic E-state index is 0.527. The monoisotopic (exact) mass is 251 g/mol. The Balaban J connectivity index is 2.16. The third-order valence-corrected chi connectivity index (χ3v) is 3.24. The molecular formula is C14H18ClNO. The van der Waals surface area contributed by atoms with Crippen LogP contribution in [0.15, 0.2) is 30.4 Å². The second-order valence-corrected chi connectivity index (χ2v) is 5.10. The van der Waals surface area contributed by atoms with E-state index in [1.807, 2.05) is 32.2 Å². The summed E-state index contributed by atoms with van der Waals surface area (Å²) >= 11 is 6.05. The van der Waals surface area contributed by atoms with Gasteiger partial charge in [-0.3, -0.25) is 0 Å². The largest absolute Gasteiger partial charge is 0.489 e. The van der Waals surface area contributed by atoms with Crippen molar-refractivity contribution < 1.29 is 4.74 Å². The van der Waals surface area contributed by atoms with Crippen LogP contribution in [0.5, 0.6) is 5.75 Å². The maximum absolute atomic E-state index is 6.05. The maximum Gasteiger partial charge on any atom is 0.123 e. The van der Waals surface area contributed by atoms with Crippen molar-refractivity contribution in [3.8, 4) is 5.75 Å². The highest BCUT2D eigenvalue weighted by Gasteiger charge is 2.38. The van der Waals surface area contributed by atoms with Gasteiger partial charge in [-0.25, -0.2) is 0 Å². The Morgan fingerprint density at radius 2 is 2.35 bits per heavy atom. The third-order valence-electron chi connectivity index (χ3n) is 3.01. The highest BCUT2D eigenvalue weighted by atomic mass is 35.5. The Morgan fingerprint density at radius 3 is 2.94 bits per heavy atom. The van der Waals surface area contributed by atoms with Gasteiger partial charge in [-0.05, 0) is 44.2 Å². The maximum atomic E-state index is 6.05. The molecule has 1 aliphatic carbocycles. The normalized spacial score (nSPS) is 22.3. The van der Waals surface area contributed by atoms with Crippen molar-refractivity contribution >= 4 is 11.6 Å². The standard InChI is InChI=1S/C14H18ClNO/c1-9(2)8-17-14-5-4-10(15)6-12(14)11-7-13(11)16-3/h4-6,11,13,16H,1,7-8H2,2-3H3. The molecule has 0 spiro atoms. The van der Waals surface area contributed by atoms with Crippen molar-refractivity contribution in [2.24, 2.45) is 0 Å². The van der Waals surface area contributed by atoms with Crippen LogP contribution >= 0.6 is 11.6 Å². The molecule has 0 heterocycles. The summed E-state index contributed by atoms with van der Waals surface area (Å²) in [4.78, 5) is 0. The fourth-order valence-electron chi connectivity index (χ4n) is 2.00. The highest BCUT2D eigenvalue weighted by molar-refractivity contribution is 6.30. The Labute approximate surface area is 108 Å². The zero-order chi connectivity index (χ0) is 12.4. The molecule has 0 saturated heterocycles. The summed E-state index contributed by atoms with van der Waals surface area (Å²) in [6.45, 7) is 6.37. The molecule has 0 aliphatic heterocycles. The third kappa shape index (κ3) is 3.02. The van der Waals surface area contributed by atoms with Crippen molar-refractivity contribution in [2.75, 3.05) is 13.7 Å². The van der Waals surface area contributed by atoms with Crippen molar-refractivity contribution in [3.05, 3.63) is 40.9 Å². The van der Waals surface area contributed by atoms with E-state index in [1.165, 1.54) is 5.56 Å². The van der Waals surface area contributed by atoms with Gasteiger partial charge in [0.15, 0.2) is 0 Å². The molecule has 2 unspecified atom stereocenters. The van der Waals surface area contributed by atoms with E-state index in [-0.39, 0.29) is 0 Å². The van der Waals surface area contributed by atoms with Gasteiger partial charge in [0.2, 0.25) is 0 Å². The van der Waals surface area contributed by atoms with E-state index in [4.69, 9.17) is 16.3 Å². The fraction of sp³-hybridized carbons (Fsp3) is 0.429. The lowest BCUT2D eigenvalue weighted by molar-refractivity contribution is 0.348. The van der Waals surface area contributed by atoms with Crippen LogP contribution in [-0.2, 0) is 0 Å². The molecule has 1 aliphatic rings. The number of rotatable bonds is 5. The highest BCUT2D eigenvalue weighted by Crippen LogP contribution is 2.45. The molecule has 1 aromatic carbocycles. The lowest BCUT2D eigenvalue weighted by Crippen LogP contribution is -2.10. The summed E-state index contributed by atoms with van der Waals surface area (Å²) < 4.78 is 5.76. The Kier molecular flexibility index (Phi) is 3.75. The van der Waals surface area contributed by atoms with E-state index in [0.717, 1.165) is 22.8 Å². The molecule has 2 nitrogen and oxygen atoms in total. The van der Waals surface area contributed by atoms with E-state index in [9.17, 15) is 0 Å². The first-order chi connectivity index (χ1) is 8.11. The van der Waals surface area contributed by atoms with E-state index in [0.29, 0.717) is 18.6 Å². The van der Waals surface area contributed by atoms with E-state index >= 15 is 0 Å². The minimum atomic E-state index is 0.527. The molecule has 92 valence electrons. The molecule has 2 rings (SSSR count). The van der Waals surface area contributed by atoms with Crippen LogP contribution in [0.1, 0.15) is 24.8 Å². The Morgan fingerprint density at radius 1 is 1.59 bits per heavy atom. The number of halogens is 1. The topological polar surface area (TPSA) is 21.3 Å². The van der Waals surface area contributed by atoms with Gasteiger partial charge in [-0.15, -0.1) is 0 Å². The van der Waals surface area contributed by atoms with Crippen LogP contribution in [0.3, 0.4) is 0 Å². The lowest BCUT2D eigenvalue weighted by Gasteiger charge is -2.12. The predicted octanol–water partition coefficient (Wildman–Crippen LogP) is 3.37. The van der Waals surface area contributed by atoms with Crippen LogP contribution in [0, 0.1) is 0 Å². The number of hydrogen-bond acceptors (Lipinski definition) is 2. The van der Waals surface area contributed by atoms with Crippen molar-refractivity contribution in [1.82, 2.24) is 5.32 Å². The van der Waals surface area contributed by atoms with Crippen molar-refractivity contribution in [2.45, 2.75) is 25.3 Å². The van der Waals surface area contributed by atoms with Crippen molar-refractivity contribution in [3.63, 3.8) is 0 Å². The van der Waals surface area contributed by atoms with Gasteiger partial charge in [-0.1, -0.05) is 18.2 Å². The zero-order valence-electron chi connectivity index (χ0n) is 10.3. The molecule has 0 amide bonds. The molecule has 3 heteroatoms. The van der Waals surface area contributed by atoms with Gasteiger partial charge in [0.1, 0.15) is 12.4 Å². The fourth-order valence-corrected chi connectivity index (χ4v) is 2.18. The minimum Gasteiger partial charge on any atom is -0.489 e. The second kappa shape index (κ2) is 5.11. The quantitative estimate of drug-likeness (QED) is 0.811. The van der Waals surface area contributed by atoms with Gasteiger partial charge < -0.3 is 10.1 Å². The summed E-state index contributed by atoms with van der Waals surface area (Å²) in [5.74, 6) is 1.46. The average molecular weight is 252 g/mol. The molecule has 2 atom stereocenters. The second-order valence-electron chi connectivity index (χ2n) is 4.67. The summed E-state index contributed by atoms with van der Waals surface area (Å²) in [5.41, 5.74) is 2.23. The zero-order valence-corrected chi connectivity index (χ0v) is 11.1. The van der Waals surface area contributed by atoms with E-state index in [1.54, 1.807) is 0 Å². The number of ether oxygens (including phenoxy) is 1. The first kappa shape index (κ1) is 12.5. The molecule has 0 aromatic heterocycles. The van der Waals surface area contributed by atoms with Crippen LogP contribution in [0.4, 0.5) is 0 Å². The van der Waals surface area contributed by atoms with Gasteiger partial charge >= 0.3 is 0 Å². The molecule has 1 saturated carbocycles. The lowest BCUT2D eigenvalue weighted by atomic mass is 10.1. The van der Waals surface area contributed by atoms with Crippen LogP contribution in [0.25, 0.3) is 0 Å². The molecular weight excluding hydrogens is 234 g/mol. The molecule has 0 bridgehead atoms. The van der Waals surface area contributed by atoms with Gasteiger partial charge in [0, 0.05) is 22.5 Å². The molecule has 17 heavy (non-hydrogen) atoms. The Hall–Kier alpha value is -0.990. The van der Waals surface area contributed by atoms with Crippen LogP contribution in [0.2, 0.25) is 5.02 Å². The molecule has 1 fully saturated rings. The van der Waals surface area contributed by atoms with Crippen molar-refractivity contribution in [1.29, 1.82) is 0 Å². The number of nitrogens with one attached hydrogen (secondary N) is 1. The average Bonchev–Trinajstić information content (AvgIpc) is 3.06. The number of likely N-dealkylation sites (N-methyl/N-ethyl adjacent to an activating group) is 1. The molecule has 1 N–H and O–H groups in total. The summed E-state index contributed by atoms with van der Waals surface area (Å²) in [6.07, 6.45) is 1.15. The first-order valence-corrected chi connectivity index (χ1v) is 6.23. The number of hydrogen-bond donors (Lipinski definition) is 1. The Bertz CT molecular complexity index is 430. The SMILES string of the molecule is C=C(C)COc1ccc(Cl)cc1C1CC1NC. The van der Waals surface area contributed by atoms with E-state index in [2.05, 4.69) is 11.9 Å². The van der Waals surface area contributed by atoms with Gasteiger partial charge in [-0.2, -0.15) is 0 Å². The summed E-state index contributed by atoms with van der Waals surface area (Å²) in [7, 11) is 1.99. The predicted molar refractivity (Wildman–Crippen MR) is 72.0 cm³/mol.